The average Bonchev–Trinajstić information content (AvgIpc) is 2.19. The largest absolute Gasteiger partial charge is 0.480 e. The number of urea groups is 1. The first-order valence-corrected chi connectivity index (χ1v) is 6.41. The molecule has 0 aromatic carbocycles. The zero-order valence-corrected chi connectivity index (χ0v) is 12.3. The first kappa shape index (κ1) is 16.7. The molecule has 0 aliphatic heterocycles. The highest BCUT2D eigenvalue weighted by Crippen LogP contribution is 2.19. The number of nitrogens with one attached hydrogen (secondary N) is 1. The molecule has 0 unspecified atom stereocenters. The summed E-state index contributed by atoms with van der Waals surface area (Å²) in [7, 11) is 0. The number of amides is 2. The minimum Gasteiger partial charge on any atom is -0.480 e. The van der Waals surface area contributed by atoms with Crippen LogP contribution in [0, 0.1) is 5.41 Å². The molecule has 0 fully saturated rings. The molecule has 2 N–H and O–H groups in total. The lowest BCUT2D eigenvalue weighted by molar-refractivity contribution is -0.142. The molecule has 0 aliphatic carbocycles. The van der Waals surface area contributed by atoms with Crippen LogP contribution in [0.2, 0.25) is 0 Å². The summed E-state index contributed by atoms with van der Waals surface area (Å²) in [6.45, 7) is 11.8. The Morgan fingerprint density at radius 3 is 2.06 bits per heavy atom. The van der Waals surface area contributed by atoms with E-state index < -0.39 is 17.4 Å². The van der Waals surface area contributed by atoms with E-state index in [0.29, 0.717) is 6.54 Å². The molecule has 0 aliphatic rings. The van der Waals surface area contributed by atoms with Gasteiger partial charge in [-0.15, -0.1) is 0 Å². The SMILES string of the molecule is CCCN(C(=O)N[C@H](C(=O)O)C(C)(C)C)C(C)C. The molecular formula is C13H26N2O3. The number of hydrogen-bond acceptors (Lipinski definition) is 2. The molecule has 0 bridgehead atoms. The van der Waals surface area contributed by atoms with E-state index in [1.807, 2.05) is 20.8 Å². The number of hydrogen-bond donors (Lipinski definition) is 2. The van der Waals surface area contributed by atoms with E-state index in [2.05, 4.69) is 5.32 Å². The van der Waals surface area contributed by atoms with E-state index in [-0.39, 0.29) is 12.1 Å². The maximum atomic E-state index is 12.1. The molecule has 1 atom stereocenters. The van der Waals surface area contributed by atoms with Crippen LogP contribution in [0.1, 0.15) is 48.0 Å². The number of rotatable bonds is 5. The van der Waals surface area contributed by atoms with Crippen molar-refractivity contribution in [2.75, 3.05) is 6.54 Å². The van der Waals surface area contributed by atoms with Gasteiger partial charge in [0.05, 0.1) is 0 Å². The summed E-state index contributed by atoms with van der Waals surface area (Å²) in [5, 5.41) is 11.8. The summed E-state index contributed by atoms with van der Waals surface area (Å²) in [6.07, 6.45) is 0.846. The molecule has 0 spiro atoms. The van der Waals surface area contributed by atoms with Crippen molar-refractivity contribution >= 4 is 12.0 Å². The summed E-state index contributed by atoms with van der Waals surface area (Å²) in [6, 6.07) is -1.14. The van der Waals surface area contributed by atoms with Crippen molar-refractivity contribution in [1.29, 1.82) is 0 Å². The molecule has 0 saturated heterocycles. The molecule has 0 rings (SSSR count). The van der Waals surface area contributed by atoms with E-state index >= 15 is 0 Å². The second-order valence-electron chi connectivity index (χ2n) is 5.87. The molecule has 106 valence electrons. The predicted molar refractivity (Wildman–Crippen MR) is 71.5 cm³/mol. The van der Waals surface area contributed by atoms with Crippen molar-refractivity contribution < 1.29 is 14.7 Å². The van der Waals surface area contributed by atoms with Crippen LogP contribution in [0.4, 0.5) is 4.79 Å². The summed E-state index contributed by atoms with van der Waals surface area (Å²) in [4.78, 5) is 24.9. The molecule has 0 radical (unpaired) electrons. The van der Waals surface area contributed by atoms with E-state index in [4.69, 9.17) is 0 Å². The Kier molecular flexibility index (Phi) is 6.15. The predicted octanol–water partition coefficient (Wildman–Crippen LogP) is 2.32. The minimum absolute atomic E-state index is 0.0550. The number of nitrogens with zero attached hydrogens (tertiary/aromatic N) is 1. The molecule has 5 heteroatoms. The second kappa shape index (κ2) is 6.61. The monoisotopic (exact) mass is 258 g/mol. The Morgan fingerprint density at radius 2 is 1.78 bits per heavy atom. The fourth-order valence-electron chi connectivity index (χ4n) is 1.69. The molecule has 0 aromatic heterocycles. The summed E-state index contributed by atoms with van der Waals surface area (Å²) < 4.78 is 0. The van der Waals surface area contributed by atoms with E-state index in [0.717, 1.165) is 6.42 Å². The Balaban J connectivity index is 4.83. The lowest BCUT2D eigenvalue weighted by atomic mass is 9.87. The van der Waals surface area contributed by atoms with Gasteiger partial charge in [0, 0.05) is 12.6 Å². The van der Waals surface area contributed by atoms with Gasteiger partial charge in [0.2, 0.25) is 0 Å². The zero-order valence-electron chi connectivity index (χ0n) is 12.3. The Hall–Kier alpha value is -1.26. The average molecular weight is 258 g/mol. The van der Waals surface area contributed by atoms with Crippen molar-refractivity contribution in [3.63, 3.8) is 0 Å². The van der Waals surface area contributed by atoms with Crippen molar-refractivity contribution in [2.45, 2.75) is 60.0 Å². The number of carboxylic acid groups (broad SMARTS) is 1. The normalized spacial score (nSPS) is 13.3. The first-order valence-electron chi connectivity index (χ1n) is 6.41. The Morgan fingerprint density at radius 1 is 1.28 bits per heavy atom. The molecule has 0 heterocycles. The van der Waals surface area contributed by atoms with Crippen LogP contribution < -0.4 is 5.32 Å². The smallest absolute Gasteiger partial charge is 0.326 e. The van der Waals surface area contributed by atoms with Gasteiger partial charge >= 0.3 is 12.0 Å². The van der Waals surface area contributed by atoms with Gasteiger partial charge in [-0.1, -0.05) is 27.7 Å². The third-order valence-corrected chi connectivity index (χ3v) is 2.73. The zero-order chi connectivity index (χ0) is 14.5. The van der Waals surface area contributed by atoms with E-state index in [9.17, 15) is 14.7 Å². The maximum Gasteiger partial charge on any atom is 0.326 e. The van der Waals surface area contributed by atoms with Gasteiger partial charge in [-0.25, -0.2) is 9.59 Å². The van der Waals surface area contributed by atoms with E-state index in [1.165, 1.54) is 0 Å². The molecule has 5 nitrogen and oxygen atoms in total. The summed E-state index contributed by atoms with van der Waals surface area (Å²) in [5.74, 6) is -1.00. The molecule has 0 saturated carbocycles. The number of carbonyl (C=O) groups excluding carboxylic acids is 1. The fraction of sp³-hybridized carbons (Fsp3) is 0.846. The van der Waals surface area contributed by atoms with Crippen LogP contribution in [0.3, 0.4) is 0 Å². The van der Waals surface area contributed by atoms with Crippen LogP contribution >= 0.6 is 0 Å². The van der Waals surface area contributed by atoms with Gasteiger partial charge in [0.15, 0.2) is 0 Å². The highest BCUT2D eigenvalue weighted by molar-refractivity contribution is 5.83. The van der Waals surface area contributed by atoms with E-state index in [1.54, 1.807) is 25.7 Å². The lowest BCUT2D eigenvalue weighted by Crippen LogP contribution is -2.54. The molecular weight excluding hydrogens is 232 g/mol. The molecule has 2 amide bonds. The van der Waals surface area contributed by atoms with Crippen LogP contribution in [0.15, 0.2) is 0 Å². The van der Waals surface area contributed by atoms with Crippen molar-refractivity contribution in [1.82, 2.24) is 10.2 Å². The van der Waals surface area contributed by atoms with Crippen LogP contribution in [-0.2, 0) is 4.79 Å². The summed E-state index contributed by atoms with van der Waals surface area (Å²) in [5.41, 5.74) is -0.518. The second-order valence-corrected chi connectivity index (χ2v) is 5.87. The molecule has 18 heavy (non-hydrogen) atoms. The fourth-order valence-corrected chi connectivity index (χ4v) is 1.69. The third kappa shape index (κ3) is 4.94. The van der Waals surface area contributed by atoms with Gasteiger partial charge in [-0.2, -0.15) is 0 Å². The summed E-state index contributed by atoms with van der Waals surface area (Å²) >= 11 is 0. The van der Waals surface area contributed by atoms with Gasteiger partial charge in [-0.05, 0) is 25.7 Å². The van der Waals surface area contributed by atoms with Gasteiger partial charge in [0.25, 0.3) is 0 Å². The Labute approximate surface area is 110 Å². The molecule has 0 aromatic rings. The van der Waals surface area contributed by atoms with Crippen LogP contribution in [0.25, 0.3) is 0 Å². The lowest BCUT2D eigenvalue weighted by Gasteiger charge is -2.32. The standard InChI is InChI=1S/C13H26N2O3/c1-7-8-15(9(2)3)12(18)14-10(11(16)17)13(4,5)6/h9-10H,7-8H2,1-6H3,(H,14,18)(H,16,17)/t10-/m1/s1. The topological polar surface area (TPSA) is 69.6 Å². The van der Waals surface area contributed by atoms with Crippen LogP contribution in [-0.4, -0.2) is 40.6 Å². The highest BCUT2D eigenvalue weighted by atomic mass is 16.4. The minimum atomic E-state index is -1.00. The highest BCUT2D eigenvalue weighted by Gasteiger charge is 2.33. The van der Waals surface area contributed by atoms with Gasteiger partial charge in [0.1, 0.15) is 6.04 Å². The maximum absolute atomic E-state index is 12.1. The van der Waals surface area contributed by atoms with Crippen molar-refractivity contribution in [2.24, 2.45) is 5.41 Å². The van der Waals surface area contributed by atoms with Crippen LogP contribution in [0.5, 0.6) is 0 Å². The number of aliphatic carboxylic acids is 1. The third-order valence-electron chi connectivity index (χ3n) is 2.73. The van der Waals surface area contributed by atoms with Gasteiger partial charge in [-0.3, -0.25) is 0 Å². The van der Waals surface area contributed by atoms with Gasteiger partial charge < -0.3 is 15.3 Å². The van der Waals surface area contributed by atoms with Crippen molar-refractivity contribution in [3.05, 3.63) is 0 Å². The number of carbonyl (C=O) groups is 2. The quantitative estimate of drug-likeness (QED) is 0.795. The first-order chi connectivity index (χ1) is 8.11. The van der Waals surface area contributed by atoms with Crippen molar-refractivity contribution in [3.8, 4) is 0 Å². The number of carboxylic acids is 1. The Bertz CT molecular complexity index is 295.